The Bertz CT molecular complexity index is 860. The molecule has 2 heterocycles. The number of esters is 1. The van der Waals surface area contributed by atoms with Gasteiger partial charge in [-0.1, -0.05) is 18.2 Å². The number of pyridine rings is 1. The number of thiophene rings is 1. The summed E-state index contributed by atoms with van der Waals surface area (Å²) in [5.41, 5.74) is 0.670. The van der Waals surface area contributed by atoms with Crippen LogP contribution in [0.15, 0.2) is 35.3 Å². The first-order valence-electron chi connectivity index (χ1n) is 5.72. The number of ether oxygens (including phenoxy) is 1. The van der Waals surface area contributed by atoms with Crippen LogP contribution in [0.3, 0.4) is 0 Å². The number of hydrogen-bond acceptors (Lipinski definition) is 4. The molecule has 96 valence electrons. The van der Waals surface area contributed by atoms with Crippen molar-refractivity contribution < 1.29 is 9.53 Å². The molecule has 19 heavy (non-hydrogen) atoms. The number of benzene rings is 1. The lowest BCUT2D eigenvalue weighted by Crippen LogP contribution is -2.18. The molecule has 0 saturated heterocycles. The van der Waals surface area contributed by atoms with E-state index in [2.05, 4.69) is 4.74 Å². The molecule has 0 aliphatic heterocycles. The SMILES string of the molecule is COC(=O)c1cn(C)c2c(sc3ccccc32)c1=O. The molecule has 0 N–H and O–H groups in total. The molecule has 0 bridgehead atoms. The van der Waals surface area contributed by atoms with Gasteiger partial charge in [0.15, 0.2) is 0 Å². The average molecular weight is 273 g/mol. The van der Waals surface area contributed by atoms with Crippen molar-refractivity contribution in [1.82, 2.24) is 4.57 Å². The fraction of sp³-hybridized carbons (Fsp3) is 0.143. The Morgan fingerprint density at radius 2 is 2.05 bits per heavy atom. The van der Waals surface area contributed by atoms with E-state index < -0.39 is 5.97 Å². The number of hydrogen-bond donors (Lipinski definition) is 0. The number of fused-ring (bicyclic) bond motifs is 3. The molecule has 5 heteroatoms. The van der Waals surface area contributed by atoms with Crippen LogP contribution in [0.2, 0.25) is 0 Å². The highest BCUT2D eigenvalue weighted by atomic mass is 32.1. The highest BCUT2D eigenvalue weighted by Crippen LogP contribution is 2.31. The molecule has 2 aromatic heterocycles. The lowest BCUT2D eigenvalue weighted by atomic mass is 10.2. The number of rotatable bonds is 1. The predicted molar refractivity (Wildman–Crippen MR) is 75.9 cm³/mol. The van der Waals surface area contributed by atoms with Gasteiger partial charge in [0.2, 0.25) is 5.43 Å². The number of methoxy groups -OCH3 is 1. The maximum atomic E-state index is 12.3. The highest BCUT2D eigenvalue weighted by molar-refractivity contribution is 7.25. The minimum atomic E-state index is -0.597. The third-order valence-corrected chi connectivity index (χ3v) is 4.26. The molecule has 1 aromatic carbocycles. The lowest BCUT2D eigenvalue weighted by molar-refractivity contribution is 0.0598. The second-order valence-electron chi connectivity index (χ2n) is 4.25. The molecule has 0 atom stereocenters. The van der Waals surface area contributed by atoms with Gasteiger partial charge in [0.05, 0.1) is 12.6 Å². The molecular weight excluding hydrogens is 262 g/mol. The van der Waals surface area contributed by atoms with Crippen LogP contribution in [0.25, 0.3) is 20.3 Å². The van der Waals surface area contributed by atoms with Gasteiger partial charge in [-0.2, -0.15) is 0 Å². The van der Waals surface area contributed by atoms with Gasteiger partial charge in [0.25, 0.3) is 0 Å². The van der Waals surface area contributed by atoms with Gasteiger partial charge < -0.3 is 9.30 Å². The zero-order valence-corrected chi connectivity index (χ0v) is 11.3. The van der Waals surface area contributed by atoms with Gasteiger partial charge in [-0.3, -0.25) is 4.79 Å². The van der Waals surface area contributed by atoms with E-state index >= 15 is 0 Å². The van der Waals surface area contributed by atoms with Crippen LogP contribution in [0.1, 0.15) is 10.4 Å². The van der Waals surface area contributed by atoms with E-state index in [-0.39, 0.29) is 11.0 Å². The molecule has 0 amide bonds. The molecule has 3 aromatic rings. The second kappa shape index (κ2) is 4.20. The van der Waals surface area contributed by atoms with E-state index in [1.807, 2.05) is 35.9 Å². The second-order valence-corrected chi connectivity index (χ2v) is 5.30. The summed E-state index contributed by atoms with van der Waals surface area (Å²) in [6.45, 7) is 0. The van der Waals surface area contributed by atoms with Crippen molar-refractivity contribution in [2.75, 3.05) is 7.11 Å². The molecule has 4 nitrogen and oxygen atoms in total. The Balaban J connectivity index is 2.51. The smallest absolute Gasteiger partial charge is 0.343 e. The van der Waals surface area contributed by atoms with Gasteiger partial charge in [0, 0.05) is 23.3 Å². The van der Waals surface area contributed by atoms with Gasteiger partial charge in [0.1, 0.15) is 10.3 Å². The molecule has 3 rings (SSSR count). The van der Waals surface area contributed by atoms with Crippen LogP contribution in [-0.2, 0) is 11.8 Å². The van der Waals surface area contributed by atoms with Gasteiger partial charge in [-0.25, -0.2) is 4.79 Å². The summed E-state index contributed by atoms with van der Waals surface area (Å²) < 4.78 is 8.08. The van der Waals surface area contributed by atoms with Crippen LogP contribution in [-0.4, -0.2) is 17.6 Å². The Labute approximate surface area is 112 Å². The molecular formula is C14H11NO3S. The molecule has 0 aliphatic rings. The van der Waals surface area contributed by atoms with Crippen LogP contribution in [0, 0.1) is 0 Å². The minimum absolute atomic E-state index is 0.0732. The summed E-state index contributed by atoms with van der Waals surface area (Å²) in [6, 6.07) is 7.82. The van der Waals surface area contributed by atoms with Gasteiger partial charge >= 0.3 is 5.97 Å². The summed E-state index contributed by atoms with van der Waals surface area (Å²) in [6.07, 6.45) is 1.54. The summed E-state index contributed by atoms with van der Waals surface area (Å²) >= 11 is 1.40. The summed E-state index contributed by atoms with van der Waals surface area (Å²) in [7, 11) is 3.10. The van der Waals surface area contributed by atoms with Crippen molar-refractivity contribution >= 4 is 37.6 Å². The normalized spacial score (nSPS) is 11.1. The van der Waals surface area contributed by atoms with Crippen molar-refractivity contribution in [1.29, 1.82) is 0 Å². The Morgan fingerprint density at radius 3 is 2.79 bits per heavy atom. The molecule has 0 unspecified atom stereocenters. The number of aryl methyl sites for hydroxylation is 1. The van der Waals surface area contributed by atoms with E-state index in [0.29, 0.717) is 4.70 Å². The standard InChI is InChI=1S/C14H11NO3S/c1-15-7-9(14(17)18-2)12(16)13-11(15)8-5-3-4-6-10(8)19-13/h3-7H,1-2H3. The van der Waals surface area contributed by atoms with Crippen molar-refractivity contribution in [2.24, 2.45) is 7.05 Å². The van der Waals surface area contributed by atoms with Crippen molar-refractivity contribution in [3.63, 3.8) is 0 Å². The van der Waals surface area contributed by atoms with Crippen LogP contribution in [0.5, 0.6) is 0 Å². The van der Waals surface area contributed by atoms with E-state index in [1.165, 1.54) is 24.6 Å². The van der Waals surface area contributed by atoms with Crippen molar-refractivity contribution in [2.45, 2.75) is 0 Å². The Morgan fingerprint density at radius 1 is 1.32 bits per heavy atom. The van der Waals surface area contributed by atoms with E-state index in [0.717, 1.165) is 15.6 Å². The number of carbonyl (C=O) groups excluding carboxylic acids is 1. The fourth-order valence-corrected chi connectivity index (χ4v) is 3.42. The molecule has 0 aliphatic carbocycles. The zero-order chi connectivity index (χ0) is 13.6. The lowest BCUT2D eigenvalue weighted by Gasteiger charge is -2.05. The zero-order valence-electron chi connectivity index (χ0n) is 10.5. The van der Waals surface area contributed by atoms with Crippen molar-refractivity contribution in [3.8, 4) is 0 Å². The van der Waals surface area contributed by atoms with Crippen LogP contribution < -0.4 is 5.43 Å². The number of aromatic nitrogens is 1. The maximum Gasteiger partial charge on any atom is 0.343 e. The molecule has 0 saturated carbocycles. The first kappa shape index (κ1) is 11.9. The Hall–Kier alpha value is -2.14. The summed E-state index contributed by atoms with van der Waals surface area (Å²) in [4.78, 5) is 24.0. The maximum absolute atomic E-state index is 12.3. The van der Waals surface area contributed by atoms with Gasteiger partial charge in [-0.05, 0) is 6.07 Å². The quantitative estimate of drug-likeness (QED) is 0.640. The third kappa shape index (κ3) is 1.66. The fourth-order valence-electron chi connectivity index (χ4n) is 2.23. The molecule has 0 fully saturated rings. The summed E-state index contributed by atoms with van der Waals surface area (Å²) in [5, 5.41) is 1.03. The summed E-state index contributed by atoms with van der Waals surface area (Å²) in [5.74, 6) is -0.597. The molecule has 0 radical (unpaired) electrons. The highest BCUT2D eigenvalue weighted by Gasteiger charge is 2.17. The van der Waals surface area contributed by atoms with E-state index in [1.54, 1.807) is 0 Å². The molecule has 0 spiro atoms. The monoisotopic (exact) mass is 273 g/mol. The topological polar surface area (TPSA) is 48.3 Å². The van der Waals surface area contributed by atoms with Crippen LogP contribution in [0.4, 0.5) is 0 Å². The first-order valence-corrected chi connectivity index (χ1v) is 6.54. The Kier molecular flexibility index (Phi) is 2.64. The number of nitrogens with zero attached hydrogens (tertiary/aromatic N) is 1. The van der Waals surface area contributed by atoms with Gasteiger partial charge in [-0.15, -0.1) is 11.3 Å². The van der Waals surface area contributed by atoms with E-state index in [4.69, 9.17) is 0 Å². The largest absolute Gasteiger partial charge is 0.465 e. The third-order valence-electron chi connectivity index (χ3n) is 3.10. The van der Waals surface area contributed by atoms with Crippen LogP contribution >= 0.6 is 11.3 Å². The number of carbonyl (C=O) groups is 1. The van der Waals surface area contributed by atoms with E-state index in [9.17, 15) is 9.59 Å². The predicted octanol–water partition coefficient (Wildman–Crippen LogP) is 2.54. The van der Waals surface area contributed by atoms with Crippen molar-refractivity contribution in [3.05, 3.63) is 46.2 Å². The minimum Gasteiger partial charge on any atom is -0.465 e. The average Bonchev–Trinajstić information content (AvgIpc) is 2.82. The first-order chi connectivity index (χ1) is 9.13.